The number of nitrogens with two attached hydrogens (primary N) is 1. The third-order valence-corrected chi connectivity index (χ3v) is 3.32. The predicted molar refractivity (Wildman–Crippen MR) is 60.6 cm³/mol. The van der Waals surface area contributed by atoms with Gasteiger partial charge in [0.05, 0.1) is 5.02 Å². The molecule has 0 aliphatic heterocycles. The molecule has 0 amide bonds. The SMILES string of the molecule is CC(C)c1cc(C2(N)CC2)cc(Cl)c1F. The molecule has 1 nitrogen and oxygen atoms in total. The first-order valence-corrected chi connectivity index (χ1v) is 5.60. The van der Waals surface area contributed by atoms with Crippen molar-refractivity contribution in [2.75, 3.05) is 0 Å². The summed E-state index contributed by atoms with van der Waals surface area (Å²) in [6.07, 6.45) is 1.93. The van der Waals surface area contributed by atoms with Gasteiger partial charge in [0.25, 0.3) is 0 Å². The third kappa shape index (κ3) is 1.88. The first-order valence-electron chi connectivity index (χ1n) is 5.22. The highest BCUT2D eigenvalue weighted by atomic mass is 35.5. The first-order chi connectivity index (χ1) is 6.94. The van der Waals surface area contributed by atoms with Crippen LogP contribution in [-0.4, -0.2) is 0 Å². The lowest BCUT2D eigenvalue weighted by molar-refractivity contribution is 0.594. The van der Waals surface area contributed by atoms with Crippen LogP contribution in [0.4, 0.5) is 4.39 Å². The minimum atomic E-state index is -0.306. The number of benzene rings is 1. The second-order valence-electron chi connectivity index (χ2n) is 4.67. The van der Waals surface area contributed by atoms with Crippen molar-refractivity contribution in [1.82, 2.24) is 0 Å². The minimum Gasteiger partial charge on any atom is -0.321 e. The van der Waals surface area contributed by atoms with E-state index >= 15 is 0 Å². The van der Waals surface area contributed by atoms with Crippen molar-refractivity contribution in [3.63, 3.8) is 0 Å². The molecular weight excluding hydrogens is 213 g/mol. The van der Waals surface area contributed by atoms with E-state index in [1.807, 2.05) is 19.9 Å². The zero-order chi connectivity index (χ0) is 11.2. The molecule has 3 heteroatoms. The van der Waals surface area contributed by atoms with Crippen LogP contribution in [0.1, 0.15) is 43.7 Å². The fourth-order valence-corrected chi connectivity index (χ4v) is 1.97. The van der Waals surface area contributed by atoms with Crippen molar-refractivity contribution >= 4 is 11.6 Å². The Morgan fingerprint density at radius 1 is 1.40 bits per heavy atom. The van der Waals surface area contributed by atoms with E-state index in [0.29, 0.717) is 5.56 Å². The highest BCUT2D eigenvalue weighted by molar-refractivity contribution is 6.30. The lowest BCUT2D eigenvalue weighted by Crippen LogP contribution is -2.19. The van der Waals surface area contributed by atoms with Crippen LogP contribution >= 0.6 is 11.6 Å². The lowest BCUT2D eigenvalue weighted by atomic mass is 9.96. The molecule has 1 aliphatic carbocycles. The van der Waals surface area contributed by atoms with Gasteiger partial charge < -0.3 is 5.73 Å². The van der Waals surface area contributed by atoms with Gasteiger partial charge in [-0.15, -0.1) is 0 Å². The van der Waals surface area contributed by atoms with Crippen LogP contribution in [0.15, 0.2) is 12.1 Å². The summed E-state index contributed by atoms with van der Waals surface area (Å²) in [5.74, 6) is -0.176. The van der Waals surface area contributed by atoms with Gasteiger partial charge in [0.15, 0.2) is 0 Å². The normalized spacial score (nSPS) is 18.3. The first kappa shape index (κ1) is 10.9. The standard InChI is InChI=1S/C12H15ClFN/c1-7(2)9-5-8(12(15)3-4-12)6-10(13)11(9)14/h5-7H,3-4,15H2,1-2H3. The van der Waals surface area contributed by atoms with Crippen molar-refractivity contribution in [1.29, 1.82) is 0 Å². The van der Waals surface area contributed by atoms with Crippen LogP contribution in [0.25, 0.3) is 0 Å². The minimum absolute atomic E-state index is 0.129. The van der Waals surface area contributed by atoms with Crippen molar-refractivity contribution in [2.45, 2.75) is 38.1 Å². The molecule has 0 spiro atoms. The average molecular weight is 228 g/mol. The summed E-state index contributed by atoms with van der Waals surface area (Å²) in [6.45, 7) is 3.91. The summed E-state index contributed by atoms with van der Waals surface area (Å²) in [4.78, 5) is 0. The molecule has 1 saturated carbocycles. The highest BCUT2D eigenvalue weighted by Gasteiger charge is 2.40. The van der Waals surface area contributed by atoms with Gasteiger partial charge in [-0.25, -0.2) is 4.39 Å². The zero-order valence-corrected chi connectivity index (χ0v) is 9.74. The van der Waals surface area contributed by atoms with Crippen molar-refractivity contribution in [3.05, 3.63) is 34.1 Å². The average Bonchev–Trinajstić information content (AvgIpc) is 2.89. The second-order valence-corrected chi connectivity index (χ2v) is 5.08. The number of hydrogen-bond acceptors (Lipinski definition) is 1. The molecule has 1 aromatic carbocycles. The van der Waals surface area contributed by atoms with Crippen LogP contribution in [0.3, 0.4) is 0 Å². The van der Waals surface area contributed by atoms with Crippen LogP contribution in [0.2, 0.25) is 5.02 Å². The molecule has 2 rings (SSSR count). The Morgan fingerprint density at radius 3 is 2.47 bits per heavy atom. The molecule has 0 radical (unpaired) electrons. The Morgan fingerprint density at radius 2 is 2.00 bits per heavy atom. The number of hydrogen-bond donors (Lipinski definition) is 1. The monoisotopic (exact) mass is 227 g/mol. The summed E-state index contributed by atoms with van der Waals surface area (Å²) in [6, 6.07) is 3.52. The molecule has 2 N–H and O–H groups in total. The van der Waals surface area contributed by atoms with Crippen LogP contribution in [0, 0.1) is 5.82 Å². The predicted octanol–water partition coefficient (Wildman–Crippen LogP) is 3.55. The molecule has 1 aromatic rings. The van der Waals surface area contributed by atoms with Gasteiger partial charge in [0.1, 0.15) is 5.82 Å². The van der Waals surface area contributed by atoms with Crippen molar-refractivity contribution in [3.8, 4) is 0 Å². The molecule has 0 unspecified atom stereocenters. The quantitative estimate of drug-likeness (QED) is 0.822. The Balaban J connectivity index is 2.51. The largest absolute Gasteiger partial charge is 0.321 e. The van der Waals surface area contributed by atoms with E-state index in [-0.39, 0.29) is 22.3 Å². The maximum absolute atomic E-state index is 13.7. The van der Waals surface area contributed by atoms with E-state index in [9.17, 15) is 4.39 Å². The van der Waals surface area contributed by atoms with E-state index in [0.717, 1.165) is 18.4 Å². The summed E-state index contributed by atoms with van der Waals surface area (Å²) in [7, 11) is 0. The van der Waals surface area contributed by atoms with E-state index in [2.05, 4.69) is 0 Å². The van der Waals surface area contributed by atoms with E-state index in [1.54, 1.807) is 6.07 Å². The highest BCUT2D eigenvalue weighted by Crippen LogP contribution is 2.44. The summed E-state index contributed by atoms with van der Waals surface area (Å²) < 4.78 is 13.7. The van der Waals surface area contributed by atoms with E-state index in [1.165, 1.54) is 0 Å². The van der Waals surface area contributed by atoms with Crippen molar-refractivity contribution < 1.29 is 4.39 Å². The number of halogens is 2. The Hall–Kier alpha value is -0.600. The Labute approximate surface area is 94.4 Å². The summed E-state index contributed by atoms with van der Waals surface area (Å²) >= 11 is 5.87. The van der Waals surface area contributed by atoms with Gasteiger partial charge in [-0.3, -0.25) is 0 Å². The second kappa shape index (κ2) is 3.46. The van der Waals surface area contributed by atoms with E-state index in [4.69, 9.17) is 17.3 Å². The van der Waals surface area contributed by atoms with Gasteiger partial charge in [0.2, 0.25) is 0 Å². The zero-order valence-electron chi connectivity index (χ0n) is 8.98. The Bertz CT molecular complexity index is 397. The molecule has 82 valence electrons. The molecule has 1 aliphatic rings. The molecule has 0 bridgehead atoms. The smallest absolute Gasteiger partial charge is 0.145 e. The van der Waals surface area contributed by atoms with E-state index < -0.39 is 0 Å². The topological polar surface area (TPSA) is 26.0 Å². The van der Waals surface area contributed by atoms with Crippen LogP contribution < -0.4 is 5.73 Å². The lowest BCUT2D eigenvalue weighted by Gasteiger charge is -2.15. The molecular formula is C12H15ClFN. The maximum Gasteiger partial charge on any atom is 0.145 e. The molecule has 1 fully saturated rings. The van der Waals surface area contributed by atoms with Gasteiger partial charge in [-0.2, -0.15) is 0 Å². The fourth-order valence-electron chi connectivity index (χ4n) is 1.74. The molecule has 0 saturated heterocycles. The molecule has 15 heavy (non-hydrogen) atoms. The Kier molecular flexibility index (Phi) is 2.52. The summed E-state index contributed by atoms with van der Waals surface area (Å²) in [5.41, 5.74) is 7.46. The maximum atomic E-state index is 13.7. The fraction of sp³-hybridized carbons (Fsp3) is 0.500. The van der Waals surface area contributed by atoms with Crippen molar-refractivity contribution in [2.24, 2.45) is 5.73 Å². The van der Waals surface area contributed by atoms with Crippen LogP contribution in [0.5, 0.6) is 0 Å². The van der Waals surface area contributed by atoms with Crippen LogP contribution in [-0.2, 0) is 5.54 Å². The van der Waals surface area contributed by atoms with Gasteiger partial charge in [-0.05, 0) is 36.0 Å². The summed E-state index contributed by atoms with van der Waals surface area (Å²) in [5, 5.41) is 0.188. The molecule has 0 heterocycles. The van der Waals surface area contributed by atoms with Gasteiger partial charge in [-0.1, -0.05) is 31.5 Å². The number of rotatable bonds is 2. The van der Waals surface area contributed by atoms with Gasteiger partial charge >= 0.3 is 0 Å². The molecule has 0 aromatic heterocycles. The molecule has 0 atom stereocenters. The van der Waals surface area contributed by atoms with Gasteiger partial charge in [0, 0.05) is 5.54 Å². The third-order valence-electron chi connectivity index (χ3n) is 3.04.